The molecule has 4 heteroatoms. The quantitative estimate of drug-likeness (QED) is 0.863. The number of hydrogen-bond donors (Lipinski definition) is 0. The molecule has 0 spiro atoms. The van der Waals surface area contributed by atoms with Crippen LogP contribution in [0.4, 0.5) is 0 Å². The van der Waals surface area contributed by atoms with Gasteiger partial charge in [0.15, 0.2) is 0 Å². The van der Waals surface area contributed by atoms with Crippen molar-refractivity contribution in [2.24, 2.45) is 0 Å². The predicted molar refractivity (Wildman–Crippen MR) is 84.3 cm³/mol. The third kappa shape index (κ3) is 3.32. The molecule has 0 heterocycles. The summed E-state index contributed by atoms with van der Waals surface area (Å²) in [5.41, 5.74) is 2.19. The van der Waals surface area contributed by atoms with Crippen LogP contribution in [0.3, 0.4) is 0 Å². The van der Waals surface area contributed by atoms with Crippen molar-refractivity contribution in [2.45, 2.75) is 23.6 Å². The van der Waals surface area contributed by atoms with Crippen molar-refractivity contribution < 1.29 is 8.42 Å². The van der Waals surface area contributed by atoms with Crippen molar-refractivity contribution in [1.29, 1.82) is 0 Å². The molecule has 0 aliphatic carbocycles. The van der Waals surface area contributed by atoms with Gasteiger partial charge in [-0.2, -0.15) is 0 Å². The van der Waals surface area contributed by atoms with Crippen LogP contribution in [-0.4, -0.2) is 8.42 Å². The molecule has 0 radical (unpaired) electrons. The van der Waals surface area contributed by atoms with Crippen molar-refractivity contribution in [3.05, 3.63) is 70.5 Å². The van der Waals surface area contributed by atoms with E-state index in [-0.39, 0.29) is 4.24 Å². The van der Waals surface area contributed by atoms with Crippen LogP contribution in [0.25, 0.3) is 0 Å². The van der Waals surface area contributed by atoms with Gasteiger partial charge in [0.1, 0.15) is 4.24 Å². The van der Waals surface area contributed by atoms with Crippen LogP contribution in [0.2, 0.25) is 0 Å². The molecular formula is C16H16O2S2. The number of hydrogen-bond acceptors (Lipinski definition) is 2. The average Bonchev–Trinajstić information content (AvgIpc) is 2.46. The van der Waals surface area contributed by atoms with E-state index < -0.39 is 21.6 Å². The molecule has 0 fully saturated rings. The Kier molecular flexibility index (Phi) is 4.68. The molecule has 0 aliphatic rings. The Bertz CT molecular complexity index is 611. The molecule has 0 aliphatic heterocycles. The zero-order valence-corrected chi connectivity index (χ0v) is 13.1. The maximum atomic E-state index is 12.4. The second-order valence-corrected chi connectivity index (χ2v) is 7.80. The molecule has 0 saturated carbocycles. The summed E-state index contributed by atoms with van der Waals surface area (Å²) in [5.74, 6) is 0. The minimum absolute atomic E-state index is 0.220. The van der Waals surface area contributed by atoms with Crippen molar-refractivity contribution >= 4 is 21.6 Å². The first-order chi connectivity index (χ1) is 9.49. The van der Waals surface area contributed by atoms with Crippen LogP contribution in [0.1, 0.15) is 11.1 Å². The van der Waals surface area contributed by atoms with Crippen molar-refractivity contribution in [1.82, 2.24) is 0 Å². The number of rotatable bonds is 4. The molecule has 2 atom stereocenters. The lowest BCUT2D eigenvalue weighted by Gasteiger charge is -2.07. The van der Waals surface area contributed by atoms with E-state index in [0.29, 0.717) is 9.79 Å². The van der Waals surface area contributed by atoms with Gasteiger partial charge >= 0.3 is 0 Å². The van der Waals surface area contributed by atoms with E-state index in [2.05, 4.69) is 6.58 Å². The molecule has 2 nitrogen and oxygen atoms in total. The Morgan fingerprint density at radius 3 is 1.35 bits per heavy atom. The second-order valence-electron chi connectivity index (χ2n) is 4.54. The van der Waals surface area contributed by atoms with Crippen LogP contribution in [-0.2, 0) is 21.6 Å². The Balaban J connectivity index is 2.22. The first-order valence-corrected chi connectivity index (χ1v) is 8.45. The maximum absolute atomic E-state index is 12.4. The molecule has 2 aromatic carbocycles. The first kappa shape index (κ1) is 14.9. The number of aryl methyl sites for hydroxylation is 2. The van der Waals surface area contributed by atoms with E-state index in [1.165, 1.54) is 0 Å². The molecule has 2 rings (SSSR count). The summed E-state index contributed by atoms with van der Waals surface area (Å²) in [6.45, 7) is 7.68. The zero-order valence-electron chi connectivity index (χ0n) is 11.5. The minimum Gasteiger partial charge on any atom is -0.248 e. The molecule has 0 aromatic heterocycles. The SMILES string of the molecule is C=C([S@@](=O)c1ccc(C)cc1)[S@](=O)c1ccc(C)cc1. The lowest BCUT2D eigenvalue weighted by atomic mass is 10.2. The highest BCUT2D eigenvalue weighted by Gasteiger charge is 2.16. The Labute approximate surface area is 124 Å². The van der Waals surface area contributed by atoms with Crippen LogP contribution < -0.4 is 0 Å². The van der Waals surface area contributed by atoms with Gasteiger partial charge in [-0.1, -0.05) is 42.0 Å². The summed E-state index contributed by atoms with van der Waals surface area (Å²) in [6, 6.07) is 14.7. The molecule has 0 amide bonds. The Morgan fingerprint density at radius 1 is 0.750 bits per heavy atom. The maximum Gasteiger partial charge on any atom is 0.105 e. The minimum atomic E-state index is -1.47. The predicted octanol–water partition coefficient (Wildman–Crippen LogP) is 3.69. The Morgan fingerprint density at radius 2 is 1.05 bits per heavy atom. The average molecular weight is 304 g/mol. The summed E-state index contributed by atoms with van der Waals surface area (Å²) < 4.78 is 24.9. The van der Waals surface area contributed by atoms with E-state index in [4.69, 9.17) is 0 Å². The van der Waals surface area contributed by atoms with Gasteiger partial charge in [-0.25, -0.2) is 8.42 Å². The standard InChI is InChI=1S/C16H16O2S2/c1-12-4-8-15(9-5-12)19(17)14(3)20(18)16-10-6-13(2)7-11-16/h4-11H,3H2,1-2H3/t19-,20+. The summed E-state index contributed by atoms with van der Waals surface area (Å²) in [5, 5.41) is 0. The highest BCUT2D eigenvalue weighted by molar-refractivity contribution is 8.08. The van der Waals surface area contributed by atoms with Crippen LogP contribution in [0.15, 0.2) is 69.1 Å². The zero-order chi connectivity index (χ0) is 14.7. The fourth-order valence-electron chi connectivity index (χ4n) is 1.66. The molecule has 0 bridgehead atoms. The topological polar surface area (TPSA) is 34.1 Å². The van der Waals surface area contributed by atoms with Crippen LogP contribution >= 0.6 is 0 Å². The molecule has 0 unspecified atom stereocenters. The molecule has 0 N–H and O–H groups in total. The molecule has 0 saturated heterocycles. The van der Waals surface area contributed by atoms with E-state index in [1.54, 1.807) is 24.3 Å². The fraction of sp³-hybridized carbons (Fsp3) is 0.125. The molecule has 20 heavy (non-hydrogen) atoms. The van der Waals surface area contributed by atoms with E-state index >= 15 is 0 Å². The molecular weight excluding hydrogens is 288 g/mol. The Hall–Kier alpha value is -1.52. The highest BCUT2D eigenvalue weighted by Crippen LogP contribution is 2.21. The van der Waals surface area contributed by atoms with Gasteiger partial charge in [-0.05, 0) is 38.1 Å². The summed E-state index contributed by atoms with van der Waals surface area (Å²) in [6.07, 6.45) is 0. The largest absolute Gasteiger partial charge is 0.248 e. The summed E-state index contributed by atoms with van der Waals surface area (Å²) in [7, 11) is -2.93. The van der Waals surface area contributed by atoms with Crippen LogP contribution in [0, 0.1) is 13.8 Å². The van der Waals surface area contributed by atoms with Gasteiger partial charge in [-0.15, -0.1) is 0 Å². The van der Waals surface area contributed by atoms with E-state index in [0.717, 1.165) is 11.1 Å². The smallest absolute Gasteiger partial charge is 0.105 e. The van der Waals surface area contributed by atoms with E-state index in [1.807, 2.05) is 38.1 Å². The van der Waals surface area contributed by atoms with Crippen molar-refractivity contribution in [3.8, 4) is 0 Å². The number of benzene rings is 2. The fourth-order valence-corrected chi connectivity index (χ4v) is 4.07. The third-order valence-corrected chi connectivity index (χ3v) is 6.02. The van der Waals surface area contributed by atoms with Gasteiger partial charge < -0.3 is 0 Å². The summed E-state index contributed by atoms with van der Waals surface area (Å²) in [4.78, 5) is 1.25. The van der Waals surface area contributed by atoms with Gasteiger partial charge in [0, 0.05) is 9.79 Å². The highest BCUT2D eigenvalue weighted by atomic mass is 32.2. The van der Waals surface area contributed by atoms with Gasteiger partial charge in [-0.3, -0.25) is 0 Å². The third-order valence-electron chi connectivity index (χ3n) is 2.88. The van der Waals surface area contributed by atoms with Gasteiger partial charge in [0.25, 0.3) is 0 Å². The van der Waals surface area contributed by atoms with E-state index in [9.17, 15) is 8.42 Å². The second kappa shape index (κ2) is 6.29. The normalized spacial score (nSPS) is 13.7. The first-order valence-electron chi connectivity index (χ1n) is 6.15. The van der Waals surface area contributed by atoms with Gasteiger partial charge in [0.05, 0.1) is 21.6 Å². The molecule has 2 aromatic rings. The molecule has 104 valence electrons. The van der Waals surface area contributed by atoms with Crippen molar-refractivity contribution in [3.63, 3.8) is 0 Å². The van der Waals surface area contributed by atoms with Gasteiger partial charge in [0.2, 0.25) is 0 Å². The lowest BCUT2D eigenvalue weighted by Crippen LogP contribution is -2.02. The van der Waals surface area contributed by atoms with Crippen molar-refractivity contribution in [2.75, 3.05) is 0 Å². The lowest BCUT2D eigenvalue weighted by molar-refractivity contribution is 0.683. The van der Waals surface area contributed by atoms with Crippen LogP contribution in [0.5, 0.6) is 0 Å². The summed E-state index contributed by atoms with van der Waals surface area (Å²) >= 11 is 0. The monoisotopic (exact) mass is 304 g/mol.